The number of carbonyl (C=O) groups is 1. The maximum atomic E-state index is 14.8. The fourth-order valence-corrected chi connectivity index (χ4v) is 3.63. The largest absolute Gasteiger partial charge is 0.345 e. The molecule has 0 atom stereocenters. The summed E-state index contributed by atoms with van der Waals surface area (Å²) in [5.74, 6) is -1.19. The Bertz CT molecular complexity index is 1060. The lowest BCUT2D eigenvalue weighted by molar-refractivity contribution is 0.0827. The molecule has 3 heterocycles. The van der Waals surface area contributed by atoms with Crippen LogP contribution in [0.1, 0.15) is 29.2 Å². The van der Waals surface area contributed by atoms with Gasteiger partial charge in [-0.1, -0.05) is 0 Å². The van der Waals surface area contributed by atoms with Crippen molar-refractivity contribution in [3.05, 3.63) is 47.9 Å². The highest BCUT2D eigenvalue weighted by Crippen LogP contribution is 2.32. The average Bonchev–Trinajstić information content (AvgIpc) is 3.07. The van der Waals surface area contributed by atoms with E-state index >= 15 is 0 Å². The van der Waals surface area contributed by atoms with Gasteiger partial charge < -0.3 is 20.1 Å². The maximum Gasteiger partial charge on any atom is 0.253 e. The third kappa shape index (κ3) is 4.08. The molecule has 10 heteroatoms. The molecule has 0 unspecified atom stereocenters. The van der Waals surface area contributed by atoms with E-state index in [1.54, 1.807) is 14.1 Å². The number of hydrogen-bond donors (Lipinski definition) is 2. The lowest BCUT2D eigenvalue weighted by Crippen LogP contribution is -2.29. The van der Waals surface area contributed by atoms with Crippen LogP contribution in [0.4, 0.5) is 20.3 Å². The summed E-state index contributed by atoms with van der Waals surface area (Å²) in [5, 5.41) is 6.36. The van der Waals surface area contributed by atoms with Crippen LogP contribution in [0.5, 0.6) is 0 Å². The quantitative estimate of drug-likeness (QED) is 0.654. The number of fused-ring (bicyclic) bond motifs is 1. The van der Waals surface area contributed by atoms with E-state index in [4.69, 9.17) is 0 Å². The van der Waals surface area contributed by atoms with Crippen LogP contribution < -0.4 is 10.6 Å². The molecule has 160 valence electrons. The first-order valence-corrected chi connectivity index (χ1v) is 9.45. The van der Waals surface area contributed by atoms with Crippen LogP contribution in [0.15, 0.2) is 30.7 Å². The van der Waals surface area contributed by atoms with Gasteiger partial charge in [-0.3, -0.25) is 4.79 Å². The molecule has 1 fully saturated rings. The van der Waals surface area contributed by atoms with Crippen molar-refractivity contribution in [2.45, 2.75) is 18.9 Å². The highest BCUT2D eigenvalue weighted by Gasteiger charge is 2.22. The number of aromatic nitrogens is 3. The lowest BCUT2D eigenvalue weighted by atomic mass is 10.1. The van der Waals surface area contributed by atoms with Crippen molar-refractivity contribution < 1.29 is 13.6 Å². The highest BCUT2D eigenvalue weighted by molar-refractivity contribution is 5.95. The highest BCUT2D eigenvalue weighted by atomic mass is 35.5. The molecule has 1 saturated heterocycles. The molecule has 30 heavy (non-hydrogen) atoms. The SMILES string of the molecule is CN(C)C(=O)c1ccc(Nc2ncnc3c2c(F)cn3C2CCNCC2)c(F)c1.Cl. The Morgan fingerprint density at radius 2 is 1.93 bits per heavy atom. The van der Waals surface area contributed by atoms with E-state index in [-0.39, 0.29) is 46.8 Å². The van der Waals surface area contributed by atoms with E-state index < -0.39 is 11.6 Å². The number of nitrogens with zero attached hydrogens (tertiary/aromatic N) is 4. The summed E-state index contributed by atoms with van der Waals surface area (Å²) >= 11 is 0. The van der Waals surface area contributed by atoms with Crippen molar-refractivity contribution >= 4 is 40.9 Å². The number of nitrogens with one attached hydrogen (secondary N) is 2. The van der Waals surface area contributed by atoms with Gasteiger partial charge in [0.2, 0.25) is 0 Å². The van der Waals surface area contributed by atoms with Gasteiger partial charge in [0.25, 0.3) is 5.91 Å². The van der Waals surface area contributed by atoms with Crippen molar-refractivity contribution in [1.29, 1.82) is 0 Å². The topological polar surface area (TPSA) is 75.1 Å². The van der Waals surface area contributed by atoms with Crippen LogP contribution >= 0.6 is 12.4 Å². The van der Waals surface area contributed by atoms with Crippen LogP contribution in [-0.4, -0.2) is 52.5 Å². The first-order chi connectivity index (χ1) is 14.0. The van der Waals surface area contributed by atoms with Gasteiger partial charge in [-0.25, -0.2) is 18.7 Å². The number of halogens is 3. The minimum atomic E-state index is -0.623. The molecule has 1 aliphatic rings. The van der Waals surface area contributed by atoms with E-state index in [9.17, 15) is 13.6 Å². The summed E-state index contributed by atoms with van der Waals surface area (Å²) in [4.78, 5) is 21.8. The number of anilines is 2. The maximum absolute atomic E-state index is 14.8. The van der Waals surface area contributed by atoms with Crippen molar-refractivity contribution in [3.8, 4) is 0 Å². The van der Waals surface area contributed by atoms with E-state index in [2.05, 4.69) is 20.6 Å². The second kappa shape index (κ2) is 8.93. The molecular formula is C20H23ClF2N6O. The normalized spacial score (nSPS) is 14.4. The van der Waals surface area contributed by atoms with E-state index in [0.717, 1.165) is 32.0 Å². The Balaban J connectivity index is 0.00000256. The fourth-order valence-electron chi connectivity index (χ4n) is 3.63. The van der Waals surface area contributed by atoms with Gasteiger partial charge in [0.1, 0.15) is 23.6 Å². The monoisotopic (exact) mass is 436 g/mol. The van der Waals surface area contributed by atoms with Crippen molar-refractivity contribution in [2.24, 2.45) is 0 Å². The minimum Gasteiger partial charge on any atom is -0.345 e. The molecule has 4 rings (SSSR count). The Kier molecular flexibility index (Phi) is 6.52. The molecule has 2 aromatic heterocycles. The molecule has 0 radical (unpaired) electrons. The van der Waals surface area contributed by atoms with Gasteiger partial charge in [-0.2, -0.15) is 0 Å². The van der Waals surface area contributed by atoms with Gasteiger partial charge in [0, 0.05) is 31.9 Å². The average molecular weight is 437 g/mol. The third-order valence-corrected chi connectivity index (χ3v) is 5.14. The van der Waals surface area contributed by atoms with Crippen molar-refractivity contribution in [3.63, 3.8) is 0 Å². The third-order valence-electron chi connectivity index (χ3n) is 5.14. The van der Waals surface area contributed by atoms with E-state index in [1.807, 2.05) is 4.57 Å². The van der Waals surface area contributed by atoms with Gasteiger partial charge in [0.15, 0.2) is 5.82 Å². The predicted molar refractivity (Wildman–Crippen MR) is 114 cm³/mol. The van der Waals surface area contributed by atoms with E-state index in [1.165, 1.54) is 29.6 Å². The van der Waals surface area contributed by atoms with Gasteiger partial charge in [-0.05, 0) is 44.1 Å². The molecule has 1 aliphatic heterocycles. The summed E-state index contributed by atoms with van der Waals surface area (Å²) in [5.41, 5.74) is 0.815. The molecule has 0 spiro atoms. The van der Waals surface area contributed by atoms with Crippen LogP contribution in [0.2, 0.25) is 0 Å². The number of amides is 1. The molecule has 0 bridgehead atoms. The molecule has 0 aliphatic carbocycles. The first kappa shape index (κ1) is 21.9. The standard InChI is InChI=1S/C20H22F2N6O.ClH/c1-27(2)20(29)12-3-4-16(14(21)9-12)26-18-17-15(22)10-28(19(17)25-11-24-18)13-5-7-23-8-6-13;/h3-4,9-11,13,23H,5-8H2,1-2H3,(H,24,25,26);1H. The van der Waals surface area contributed by atoms with Gasteiger partial charge in [0.05, 0.1) is 11.1 Å². The Morgan fingerprint density at radius 1 is 1.20 bits per heavy atom. The Labute approximate surface area is 178 Å². The fraction of sp³-hybridized carbons (Fsp3) is 0.350. The molecular weight excluding hydrogens is 414 g/mol. The lowest BCUT2D eigenvalue weighted by Gasteiger charge is -2.24. The smallest absolute Gasteiger partial charge is 0.253 e. The summed E-state index contributed by atoms with van der Waals surface area (Å²) < 4.78 is 31.2. The summed E-state index contributed by atoms with van der Waals surface area (Å²) in [6.07, 6.45) is 4.54. The molecule has 3 aromatic rings. The summed E-state index contributed by atoms with van der Waals surface area (Å²) in [6, 6.07) is 4.27. The number of piperidine rings is 1. The molecule has 2 N–H and O–H groups in total. The van der Waals surface area contributed by atoms with Crippen molar-refractivity contribution in [1.82, 2.24) is 24.8 Å². The van der Waals surface area contributed by atoms with Crippen LogP contribution in [0.25, 0.3) is 11.0 Å². The Hall–Kier alpha value is -2.78. The minimum absolute atomic E-state index is 0. The summed E-state index contributed by atoms with van der Waals surface area (Å²) in [6.45, 7) is 1.73. The molecule has 1 amide bonds. The first-order valence-electron chi connectivity index (χ1n) is 9.45. The predicted octanol–water partition coefficient (Wildman–Crippen LogP) is 3.50. The number of rotatable bonds is 4. The zero-order valence-corrected chi connectivity index (χ0v) is 17.5. The molecule has 0 saturated carbocycles. The van der Waals surface area contributed by atoms with Gasteiger partial charge in [-0.15, -0.1) is 12.4 Å². The van der Waals surface area contributed by atoms with Crippen molar-refractivity contribution in [2.75, 3.05) is 32.5 Å². The number of benzene rings is 1. The number of carbonyl (C=O) groups excluding carboxylic acids is 1. The van der Waals surface area contributed by atoms with E-state index in [0.29, 0.717) is 5.65 Å². The molecule has 7 nitrogen and oxygen atoms in total. The second-order valence-corrected chi connectivity index (χ2v) is 7.31. The zero-order valence-electron chi connectivity index (χ0n) is 16.7. The second-order valence-electron chi connectivity index (χ2n) is 7.31. The zero-order chi connectivity index (χ0) is 20.5. The van der Waals surface area contributed by atoms with Crippen LogP contribution in [0, 0.1) is 11.6 Å². The van der Waals surface area contributed by atoms with Crippen LogP contribution in [0.3, 0.4) is 0 Å². The molecule has 1 aromatic carbocycles. The Morgan fingerprint density at radius 3 is 2.60 bits per heavy atom. The number of hydrogen-bond acceptors (Lipinski definition) is 5. The van der Waals surface area contributed by atoms with Gasteiger partial charge >= 0.3 is 0 Å². The van der Waals surface area contributed by atoms with Crippen LogP contribution in [-0.2, 0) is 0 Å². The summed E-state index contributed by atoms with van der Waals surface area (Å²) in [7, 11) is 3.19.